The smallest absolute Gasteiger partial charge is 0.321 e. The lowest BCUT2D eigenvalue weighted by Gasteiger charge is -2.19. The van der Waals surface area contributed by atoms with Gasteiger partial charge in [0.15, 0.2) is 0 Å². The van der Waals surface area contributed by atoms with Gasteiger partial charge in [0.2, 0.25) is 0 Å². The molecule has 0 atom stereocenters. The fourth-order valence-corrected chi connectivity index (χ4v) is 2.15. The monoisotopic (exact) mass is 274 g/mol. The normalized spacial score (nSPS) is 14.2. The van der Waals surface area contributed by atoms with Gasteiger partial charge in [-0.1, -0.05) is 0 Å². The Morgan fingerprint density at radius 2 is 2.00 bits per heavy atom. The quantitative estimate of drug-likeness (QED) is 0.885. The standard InChI is InChI=1S/C15H22N4O/c1-3-19(4-2)15(20)18-13-8-6-12(7-9-13)14-16-10-5-11-17-14/h6-9H,3-5,10-11H2,1-2H3,(H,16,17)(H,18,20). The third-order valence-electron chi connectivity index (χ3n) is 3.36. The van der Waals surface area contributed by atoms with Crippen LogP contribution < -0.4 is 10.6 Å². The van der Waals surface area contributed by atoms with Crippen LogP contribution in [0.4, 0.5) is 10.5 Å². The van der Waals surface area contributed by atoms with E-state index in [0.29, 0.717) is 13.1 Å². The SMILES string of the molecule is CCN(CC)C(=O)Nc1ccc(C2=NCCCN2)cc1. The van der Waals surface area contributed by atoms with Crippen LogP contribution in [0.15, 0.2) is 29.3 Å². The predicted molar refractivity (Wildman–Crippen MR) is 82.4 cm³/mol. The minimum atomic E-state index is -0.0594. The number of hydrogen-bond acceptors (Lipinski definition) is 3. The van der Waals surface area contributed by atoms with Crippen LogP contribution >= 0.6 is 0 Å². The molecule has 5 nitrogen and oxygen atoms in total. The molecular weight excluding hydrogens is 252 g/mol. The third kappa shape index (κ3) is 3.50. The van der Waals surface area contributed by atoms with Crippen LogP contribution in [0.5, 0.6) is 0 Å². The number of amidine groups is 1. The summed E-state index contributed by atoms with van der Waals surface area (Å²) in [5, 5.41) is 6.19. The molecule has 1 aliphatic rings. The van der Waals surface area contributed by atoms with E-state index in [4.69, 9.17) is 0 Å². The van der Waals surface area contributed by atoms with Gasteiger partial charge in [0.1, 0.15) is 5.84 Å². The maximum absolute atomic E-state index is 11.9. The number of nitrogens with zero attached hydrogens (tertiary/aromatic N) is 2. The number of benzene rings is 1. The first kappa shape index (κ1) is 14.4. The first-order valence-corrected chi connectivity index (χ1v) is 7.19. The first-order valence-electron chi connectivity index (χ1n) is 7.19. The zero-order chi connectivity index (χ0) is 14.4. The molecule has 1 aromatic rings. The Bertz CT molecular complexity index is 477. The van der Waals surface area contributed by atoms with Crippen molar-refractivity contribution in [1.82, 2.24) is 10.2 Å². The van der Waals surface area contributed by atoms with Gasteiger partial charge in [-0.05, 0) is 44.5 Å². The van der Waals surface area contributed by atoms with Crippen molar-refractivity contribution in [3.8, 4) is 0 Å². The molecule has 0 unspecified atom stereocenters. The molecule has 0 aliphatic carbocycles. The van der Waals surface area contributed by atoms with Crippen molar-refractivity contribution in [1.29, 1.82) is 0 Å². The maximum atomic E-state index is 11.9. The number of nitrogens with one attached hydrogen (secondary N) is 2. The fourth-order valence-electron chi connectivity index (χ4n) is 2.15. The summed E-state index contributed by atoms with van der Waals surface area (Å²) in [6.07, 6.45) is 1.08. The lowest BCUT2D eigenvalue weighted by molar-refractivity contribution is 0.217. The summed E-state index contributed by atoms with van der Waals surface area (Å²) >= 11 is 0. The summed E-state index contributed by atoms with van der Waals surface area (Å²) in [7, 11) is 0. The second kappa shape index (κ2) is 6.93. The Kier molecular flexibility index (Phi) is 4.98. The van der Waals surface area contributed by atoms with Crippen molar-refractivity contribution in [3.63, 3.8) is 0 Å². The average molecular weight is 274 g/mol. The summed E-state index contributed by atoms with van der Waals surface area (Å²) in [5.41, 5.74) is 1.87. The minimum Gasteiger partial charge on any atom is -0.370 e. The molecule has 0 spiro atoms. The summed E-state index contributed by atoms with van der Waals surface area (Å²) in [5.74, 6) is 0.942. The van der Waals surface area contributed by atoms with Crippen molar-refractivity contribution in [2.75, 3.05) is 31.5 Å². The second-order valence-corrected chi connectivity index (χ2v) is 4.69. The van der Waals surface area contributed by atoms with Crippen molar-refractivity contribution >= 4 is 17.6 Å². The molecule has 1 heterocycles. The van der Waals surface area contributed by atoms with E-state index in [-0.39, 0.29) is 6.03 Å². The van der Waals surface area contributed by atoms with E-state index in [9.17, 15) is 4.79 Å². The molecule has 0 bridgehead atoms. The molecule has 1 aliphatic heterocycles. The maximum Gasteiger partial charge on any atom is 0.321 e. The van der Waals surface area contributed by atoms with E-state index in [2.05, 4.69) is 15.6 Å². The molecule has 2 rings (SSSR count). The van der Waals surface area contributed by atoms with Crippen molar-refractivity contribution in [2.45, 2.75) is 20.3 Å². The zero-order valence-electron chi connectivity index (χ0n) is 12.1. The van der Waals surface area contributed by atoms with Crippen LogP contribution in [-0.2, 0) is 0 Å². The van der Waals surface area contributed by atoms with E-state index >= 15 is 0 Å². The van der Waals surface area contributed by atoms with Crippen LogP contribution in [-0.4, -0.2) is 42.9 Å². The van der Waals surface area contributed by atoms with Gasteiger partial charge in [0.25, 0.3) is 0 Å². The number of rotatable bonds is 4. The van der Waals surface area contributed by atoms with Crippen LogP contribution in [0.2, 0.25) is 0 Å². The number of carbonyl (C=O) groups excluding carboxylic acids is 1. The Balaban J connectivity index is 2.01. The van der Waals surface area contributed by atoms with E-state index < -0.39 is 0 Å². The summed E-state index contributed by atoms with van der Waals surface area (Å²) in [6.45, 7) is 7.21. The lowest BCUT2D eigenvalue weighted by Crippen LogP contribution is -2.34. The Morgan fingerprint density at radius 1 is 1.30 bits per heavy atom. The Hall–Kier alpha value is -2.04. The summed E-state index contributed by atoms with van der Waals surface area (Å²) < 4.78 is 0. The molecule has 2 N–H and O–H groups in total. The van der Waals surface area contributed by atoms with Gasteiger partial charge < -0.3 is 15.5 Å². The molecular formula is C15H22N4O. The minimum absolute atomic E-state index is 0.0594. The van der Waals surface area contributed by atoms with Crippen LogP contribution in [0, 0.1) is 0 Å². The van der Waals surface area contributed by atoms with Crippen molar-refractivity contribution < 1.29 is 4.79 Å². The van der Waals surface area contributed by atoms with Gasteiger partial charge in [0.05, 0.1) is 0 Å². The van der Waals surface area contributed by atoms with Crippen molar-refractivity contribution in [2.24, 2.45) is 4.99 Å². The predicted octanol–water partition coefficient (Wildman–Crippen LogP) is 2.30. The molecule has 5 heteroatoms. The highest BCUT2D eigenvalue weighted by atomic mass is 16.2. The Morgan fingerprint density at radius 3 is 2.55 bits per heavy atom. The molecule has 0 saturated heterocycles. The summed E-state index contributed by atoms with van der Waals surface area (Å²) in [4.78, 5) is 18.1. The molecule has 20 heavy (non-hydrogen) atoms. The van der Waals surface area contributed by atoms with E-state index in [1.165, 1.54) is 0 Å². The number of carbonyl (C=O) groups is 1. The van der Waals surface area contributed by atoms with Crippen LogP contribution in [0.25, 0.3) is 0 Å². The fraction of sp³-hybridized carbons (Fsp3) is 0.467. The van der Waals surface area contributed by atoms with Crippen LogP contribution in [0.3, 0.4) is 0 Å². The van der Waals surface area contributed by atoms with Gasteiger partial charge >= 0.3 is 6.03 Å². The molecule has 0 fully saturated rings. The van der Waals surface area contributed by atoms with Crippen LogP contribution in [0.1, 0.15) is 25.8 Å². The number of urea groups is 1. The number of hydrogen-bond donors (Lipinski definition) is 2. The number of aliphatic imine (C=N–C) groups is 1. The van der Waals surface area contributed by atoms with Gasteiger partial charge in [-0.3, -0.25) is 4.99 Å². The molecule has 0 saturated carbocycles. The largest absolute Gasteiger partial charge is 0.370 e. The summed E-state index contributed by atoms with van der Waals surface area (Å²) in [6, 6.07) is 7.73. The zero-order valence-corrected chi connectivity index (χ0v) is 12.1. The third-order valence-corrected chi connectivity index (χ3v) is 3.36. The number of amides is 2. The van der Waals surface area contributed by atoms with E-state index in [1.807, 2.05) is 38.1 Å². The molecule has 108 valence electrons. The highest BCUT2D eigenvalue weighted by molar-refractivity contribution is 5.99. The molecule has 0 aromatic heterocycles. The van der Waals surface area contributed by atoms with Gasteiger partial charge in [-0.25, -0.2) is 4.79 Å². The van der Waals surface area contributed by atoms with Gasteiger partial charge in [0, 0.05) is 37.4 Å². The highest BCUT2D eigenvalue weighted by Gasteiger charge is 2.10. The topological polar surface area (TPSA) is 56.7 Å². The molecule has 0 radical (unpaired) electrons. The first-order chi connectivity index (χ1) is 9.74. The number of anilines is 1. The lowest BCUT2D eigenvalue weighted by atomic mass is 10.1. The van der Waals surface area contributed by atoms with E-state index in [0.717, 1.165) is 36.6 Å². The van der Waals surface area contributed by atoms with Gasteiger partial charge in [-0.15, -0.1) is 0 Å². The highest BCUT2D eigenvalue weighted by Crippen LogP contribution is 2.12. The van der Waals surface area contributed by atoms with E-state index in [1.54, 1.807) is 4.90 Å². The Labute approximate surface area is 120 Å². The van der Waals surface area contributed by atoms with Gasteiger partial charge in [-0.2, -0.15) is 0 Å². The van der Waals surface area contributed by atoms with Crippen molar-refractivity contribution in [3.05, 3.63) is 29.8 Å². The second-order valence-electron chi connectivity index (χ2n) is 4.69. The molecule has 1 aromatic carbocycles. The molecule has 2 amide bonds. The average Bonchev–Trinajstić information content (AvgIpc) is 2.50.